The highest BCUT2D eigenvalue weighted by Gasteiger charge is 2.26. The van der Waals surface area contributed by atoms with Crippen LogP contribution in [0.25, 0.3) is 0 Å². The second kappa shape index (κ2) is 5.64. The van der Waals surface area contributed by atoms with Crippen LogP contribution in [0.4, 0.5) is 0 Å². The lowest BCUT2D eigenvalue weighted by Crippen LogP contribution is -2.37. The number of nitrogens with one attached hydrogen (secondary N) is 1. The Morgan fingerprint density at radius 2 is 1.59 bits per heavy atom. The van der Waals surface area contributed by atoms with Gasteiger partial charge in [-0.25, -0.2) is 0 Å². The van der Waals surface area contributed by atoms with Gasteiger partial charge < -0.3 is 15.5 Å². The van der Waals surface area contributed by atoms with Crippen molar-refractivity contribution in [2.24, 2.45) is 5.92 Å². The maximum Gasteiger partial charge on any atom is 0.319 e. The highest BCUT2D eigenvalue weighted by molar-refractivity contribution is 5.96. The summed E-state index contributed by atoms with van der Waals surface area (Å²) in [5.41, 5.74) is 0.349. The Hall–Kier alpha value is -2.37. The SMILES string of the molecule is O=C(NCC(C(=O)O)C(=O)O)c1ccccc1. The van der Waals surface area contributed by atoms with Crippen LogP contribution in [0.1, 0.15) is 10.4 Å². The maximum absolute atomic E-state index is 11.5. The summed E-state index contributed by atoms with van der Waals surface area (Å²) in [6.45, 7) is -0.446. The molecule has 0 unspecified atom stereocenters. The number of carbonyl (C=O) groups excluding carboxylic acids is 1. The fourth-order valence-corrected chi connectivity index (χ4v) is 1.17. The molecule has 0 atom stereocenters. The first-order valence-electron chi connectivity index (χ1n) is 4.81. The number of amides is 1. The summed E-state index contributed by atoms with van der Waals surface area (Å²) in [6.07, 6.45) is 0. The van der Waals surface area contributed by atoms with Gasteiger partial charge in [0.2, 0.25) is 0 Å². The van der Waals surface area contributed by atoms with Crippen molar-refractivity contribution in [3.05, 3.63) is 35.9 Å². The van der Waals surface area contributed by atoms with Gasteiger partial charge in [-0.2, -0.15) is 0 Å². The molecule has 3 N–H and O–H groups in total. The van der Waals surface area contributed by atoms with Gasteiger partial charge in [-0.05, 0) is 12.1 Å². The van der Waals surface area contributed by atoms with Crippen LogP contribution in [0.15, 0.2) is 30.3 Å². The van der Waals surface area contributed by atoms with Gasteiger partial charge in [-0.15, -0.1) is 0 Å². The molecule has 0 aliphatic heterocycles. The second-order valence-electron chi connectivity index (χ2n) is 3.31. The van der Waals surface area contributed by atoms with Crippen molar-refractivity contribution in [1.29, 1.82) is 0 Å². The Kier molecular flexibility index (Phi) is 4.21. The van der Waals surface area contributed by atoms with Crippen molar-refractivity contribution < 1.29 is 24.6 Å². The summed E-state index contributed by atoms with van der Waals surface area (Å²) >= 11 is 0. The van der Waals surface area contributed by atoms with E-state index in [1.54, 1.807) is 30.3 Å². The molecule has 6 nitrogen and oxygen atoms in total. The molecule has 0 aromatic heterocycles. The third-order valence-electron chi connectivity index (χ3n) is 2.10. The van der Waals surface area contributed by atoms with Crippen molar-refractivity contribution >= 4 is 17.8 Å². The van der Waals surface area contributed by atoms with Gasteiger partial charge in [0.15, 0.2) is 5.92 Å². The molecule has 1 rings (SSSR count). The fourth-order valence-electron chi connectivity index (χ4n) is 1.17. The molecule has 0 fully saturated rings. The minimum absolute atomic E-state index is 0.349. The zero-order chi connectivity index (χ0) is 12.8. The van der Waals surface area contributed by atoms with Gasteiger partial charge in [0, 0.05) is 12.1 Å². The summed E-state index contributed by atoms with van der Waals surface area (Å²) in [6, 6.07) is 8.13. The van der Waals surface area contributed by atoms with Gasteiger partial charge in [-0.3, -0.25) is 14.4 Å². The minimum atomic E-state index is -1.64. The van der Waals surface area contributed by atoms with E-state index in [1.807, 2.05) is 0 Å². The van der Waals surface area contributed by atoms with E-state index in [0.717, 1.165) is 0 Å². The number of carboxylic acid groups (broad SMARTS) is 2. The van der Waals surface area contributed by atoms with E-state index in [4.69, 9.17) is 10.2 Å². The lowest BCUT2D eigenvalue weighted by Gasteiger charge is -2.08. The maximum atomic E-state index is 11.5. The van der Waals surface area contributed by atoms with Crippen molar-refractivity contribution in [3.8, 4) is 0 Å². The van der Waals surface area contributed by atoms with E-state index in [2.05, 4.69) is 5.32 Å². The molecule has 0 radical (unpaired) electrons. The number of hydrogen-bond donors (Lipinski definition) is 3. The Morgan fingerprint density at radius 3 is 2.06 bits per heavy atom. The average molecular weight is 237 g/mol. The average Bonchev–Trinajstić information content (AvgIpc) is 2.29. The van der Waals surface area contributed by atoms with E-state index < -0.39 is 30.3 Å². The fraction of sp³-hybridized carbons (Fsp3) is 0.182. The number of aliphatic carboxylic acids is 2. The van der Waals surface area contributed by atoms with Gasteiger partial charge in [0.25, 0.3) is 5.91 Å². The molecule has 0 saturated heterocycles. The molecule has 0 heterocycles. The van der Waals surface area contributed by atoms with Crippen LogP contribution in [0.5, 0.6) is 0 Å². The van der Waals surface area contributed by atoms with E-state index in [-0.39, 0.29) is 0 Å². The van der Waals surface area contributed by atoms with Gasteiger partial charge >= 0.3 is 11.9 Å². The number of hydrogen-bond acceptors (Lipinski definition) is 3. The number of benzene rings is 1. The third kappa shape index (κ3) is 3.60. The predicted molar refractivity (Wildman–Crippen MR) is 57.5 cm³/mol. The monoisotopic (exact) mass is 237 g/mol. The molecule has 90 valence electrons. The van der Waals surface area contributed by atoms with Crippen molar-refractivity contribution in [2.45, 2.75) is 0 Å². The highest BCUT2D eigenvalue weighted by Crippen LogP contribution is 2.00. The van der Waals surface area contributed by atoms with Crippen LogP contribution in [0.2, 0.25) is 0 Å². The quantitative estimate of drug-likeness (QED) is 0.635. The first-order valence-corrected chi connectivity index (χ1v) is 4.81. The Morgan fingerprint density at radius 1 is 1.06 bits per heavy atom. The Bertz CT molecular complexity index is 415. The van der Waals surface area contributed by atoms with Crippen molar-refractivity contribution in [1.82, 2.24) is 5.32 Å². The van der Waals surface area contributed by atoms with E-state index >= 15 is 0 Å². The molecule has 6 heteroatoms. The molecule has 1 amide bonds. The van der Waals surface area contributed by atoms with Gasteiger partial charge in [0.1, 0.15) is 0 Å². The Balaban J connectivity index is 2.59. The topological polar surface area (TPSA) is 104 Å². The van der Waals surface area contributed by atoms with Crippen LogP contribution < -0.4 is 5.32 Å². The number of carboxylic acids is 2. The molecular formula is C11H11NO5. The molecule has 1 aromatic rings. The lowest BCUT2D eigenvalue weighted by atomic mass is 10.1. The number of rotatable bonds is 5. The second-order valence-corrected chi connectivity index (χ2v) is 3.31. The summed E-state index contributed by atoms with van der Waals surface area (Å²) in [5.74, 6) is -5.10. The summed E-state index contributed by atoms with van der Waals surface area (Å²) in [5, 5.41) is 19.5. The molecular weight excluding hydrogens is 226 g/mol. The van der Waals surface area contributed by atoms with Crippen molar-refractivity contribution in [3.63, 3.8) is 0 Å². The number of carbonyl (C=O) groups is 3. The largest absolute Gasteiger partial charge is 0.481 e. The zero-order valence-electron chi connectivity index (χ0n) is 8.79. The van der Waals surface area contributed by atoms with E-state index in [0.29, 0.717) is 5.56 Å². The van der Waals surface area contributed by atoms with Crippen LogP contribution in [-0.4, -0.2) is 34.6 Å². The van der Waals surface area contributed by atoms with E-state index in [9.17, 15) is 14.4 Å². The third-order valence-corrected chi connectivity index (χ3v) is 2.10. The Labute approximate surface area is 96.9 Å². The molecule has 17 heavy (non-hydrogen) atoms. The van der Waals surface area contributed by atoms with Crippen molar-refractivity contribution in [2.75, 3.05) is 6.54 Å². The van der Waals surface area contributed by atoms with Crippen LogP contribution in [-0.2, 0) is 9.59 Å². The molecule has 0 spiro atoms. The lowest BCUT2D eigenvalue weighted by molar-refractivity contribution is -0.154. The summed E-state index contributed by atoms with van der Waals surface area (Å²) < 4.78 is 0. The normalized spacial score (nSPS) is 9.94. The predicted octanol–water partition coefficient (Wildman–Crippen LogP) is 0.202. The van der Waals surface area contributed by atoms with Crippen LogP contribution in [0, 0.1) is 5.92 Å². The molecule has 0 saturated carbocycles. The summed E-state index contributed by atoms with van der Waals surface area (Å²) in [7, 11) is 0. The smallest absolute Gasteiger partial charge is 0.319 e. The first kappa shape index (κ1) is 12.7. The standard InChI is InChI=1S/C11H11NO5/c13-9(7-4-2-1-3-5-7)12-6-8(10(14)15)11(16)17/h1-5,8H,6H2,(H,12,13)(H,14,15)(H,16,17). The zero-order valence-corrected chi connectivity index (χ0v) is 8.79. The van der Waals surface area contributed by atoms with Crippen LogP contribution in [0.3, 0.4) is 0 Å². The van der Waals surface area contributed by atoms with Crippen LogP contribution >= 0.6 is 0 Å². The molecule has 0 aliphatic rings. The van der Waals surface area contributed by atoms with E-state index in [1.165, 1.54) is 0 Å². The van der Waals surface area contributed by atoms with Gasteiger partial charge in [-0.1, -0.05) is 18.2 Å². The minimum Gasteiger partial charge on any atom is -0.481 e. The summed E-state index contributed by atoms with van der Waals surface area (Å²) in [4.78, 5) is 32.6. The first-order chi connectivity index (χ1) is 8.02. The highest BCUT2D eigenvalue weighted by atomic mass is 16.4. The molecule has 0 bridgehead atoms. The van der Waals surface area contributed by atoms with Gasteiger partial charge in [0.05, 0.1) is 0 Å². The molecule has 1 aromatic carbocycles. The molecule has 0 aliphatic carbocycles.